The van der Waals surface area contributed by atoms with E-state index in [1.807, 2.05) is 42.5 Å². The molecule has 1 unspecified atom stereocenters. The molecule has 0 bridgehead atoms. The summed E-state index contributed by atoms with van der Waals surface area (Å²) >= 11 is 0. The van der Waals surface area contributed by atoms with Crippen LogP contribution in [0, 0.1) is 5.92 Å². The molecule has 5 N–H and O–H groups in total. The minimum atomic E-state index is -0.856. The molecule has 35 heavy (non-hydrogen) atoms. The summed E-state index contributed by atoms with van der Waals surface area (Å²) in [5.74, 6) is -0.598. The van der Waals surface area contributed by atoms with E-state index in [1.165, 1.54) is 0 Å². The first kappa shape index (κ1) is 25.1. The zero-order chi connectivity index (χ0) is 24.8. The molecule has 1 aliphatic carbocycles. The first-order chi connectivity index (χ1) is 17.0. The molecule has 188 valence electrons. The van der Waals surface area contributed by atoms with E-state index in [9.17, 15) is 19.5 Å². The number of benzene rings is 2. The fraction of sp³-hybridized carbons (Fsp3) is 0.519. The van der Waals surface area contributed by atoms with Crippen LogP contribution in [0.25, 0.3) is 10.8 Å². The number of amides is 3. The lowest BCUT2D eigenvalue weighted by Crippen LogP contribution is -2.55. The molecule has 0 aromatic heterocycles. The monoisotopic (exact) mass is 480 g/mol. The number of nitrogens with two attached hydrogens (primary N) is 1. The van der Waals surface area contributed by atoms with Gasteiger partial charge >= 0.3 is 0 Å². The Kier molecular flexibility index (Phi) is 8.36. The first-order valence-electron chi connectivity index (χ1n) is 12.7. The van der Waals surface area contributed by atoms with Crippen molar-refractivity contribution in [1.29, 1.82) is 0 Å². The Hall–Kier alpha value is -2.97. The second-order valence-electron chi connectivity index (χ2n) is 9.75. The lowest BCUT2D eigenvalue weighted by Gasteiger charge is -2.28. The van der Waals surface area contributed by atoms with Crippen LogP contribution < -0.4 is 16.4 Å². The molecular weight excluding hydrogens is 444 g/mol. The van der Waals surface area contributed by atoms with Crippen LogP contribution in [-0.2, 0) is 20.8 Å². The Balaban J connectivity index is 1.48. The molecule has 2 aromatic carbocycles. The van der Waals surface area contributed by atoms with Gasteiger partial charge in [0, 0.05) is 32.0 Å². The highest BCUT2D eigenvalue weighted by Gasteiger charge is 2.39. The van der Waals surface area contributed by atoms with Crippen LogP contribution in [-0.4, -0.2) is 65.5 Å². The van der Waals surface area contributed by atoms with Crippen molar-refractivity contribution in [3.63, 3.8) is 0 Å². The summed E-state index contributed by atoms with van der Waals surface area (Å²) in [7, 11) is 0. The molecule has 3 amide bonds. The number of fused-ring (bicyclic) bond motifs is 1. The third-order valence-corrected chi connectivity index (χ3v) is 7.21. The van der Waals surface area contributed by atoms with Crippen molar-refractivity contribution >= 4 is 28.5 Å². The third kappa shape index (κ3) is 6.18. The number of aliphatic hydroxyl groups excluding tert-OH is 1. The molecule has 2 aromatic rings. The lowest BCUT2D eigenvalue weighted by molar-refractivity contribution is -0.142. The zero-order valence-corrected chi connectivity index (χ0v) is 20.1. The van der Waals surface area contributed by atoms with Crippen LogP contribution in [0.4, 0.5) is 0 Å². The van der Waals surface area contributed by atoms with Gasteiger partial charge in [0.2, 0.25) is 17.7 Å². The molecule has 2 fully saturated rings. The largest absolute Gasteiger partial charge is 0.390 e. The van der Waals surface area contributed by atoms with E-state index < -0.39 is 18.2 Å². The summed E-state index contributed by atoms with van der Waals surface area (Å²) in [6.07, 6.45) is 4.71. The van der Waals surface area contributed by atoms with Gasteiger partial charge in [-0.05, 0) is 42.0 Å². The fourth-order valence-electron chi connectivity index (χ4n) is 5.21. The molecule has 0 radical (unpaired) electrons. The third-order valence-electron chi connectivity index (χ3n) is 7.21. The van der Waals surface area contributed by atoms with Gasteiger partial charge in [-0.3, -0.25) is 14.4 Å². The Morgan fingerprint density at radius 3 is 2.51 bits per heavy atom. The minimum Gasteiger partial charge on any atom is -0.390 e. The predicted octanol–water partition coefficient (Wildman–Crippen LogP) is 1.48. The Labute approximate surface area is 206 Å². The maximum Gasteiger partial charge on any atom is 0.243 e. The normalized spacial score (nSPS) is 20.1. The van der Waals surface area contributed by atoms with Crippen molar-refractivity contribution in [2.45, 2.75) is 63.1 Å². The number of aliphatic hydroxyl groups is 1. The van der Waals surface area contributed by atoms with E-state index in [0.717, 1.165) is 48.4 Å². The summed E-state index contributed by atoms with van der Waals surface area (Å²) in [6, 6.07) is 12.5. The summed E-state index contributed by atoms with van der Waals surface area (Å²) in [4.78, 5) is 41.1. The summed E-state index contributed by atoms with van der Waals surface area (Å²) < 4.78 is 0. The van der Waals surface area contributed by atoms with E-state index in [0.29, 0.717) is 19.4 Å². The molecule has 8 nitrogen and oxygen atoms in total. The van der Waals surface area contributed by atoms with Gasteiger partial charge < -0.3 is 26.4 Å². The molecule has 1 saturated heterocycles. The van der Waals surface area contributed by atoms with E-state index in [4.69, 9.17) is 5.73 Å². The van der Waals surface area contributed by atoms with Gasteiger partial charge in [0.25, 0.3) is 0 Å². The van der Waals surface area contributed by atoms with Crippen LogP contribution in [0.15, 0.2) is 42.5 Å². The van der Waals surface area contributed by atoms with Crippen LogP contribution in [0.2, 0.25) is 0 Å². The highest BCUT2D eigenvalue weighted by atomic mass is 16.3. The van der Waals surface area contributed by atoms with E-state index >= 15 is 0 Å². The second kappa shape index (κ2) is 11.6. The van der Waals surface area contributed by atoms with Crippen LogP contribution in [0.1, 0.15) is 44.1 Å². The molecule has 0 spiro atoms. The smallest absolute Gasteiger partial charge is 0.243 e. The zero-order valence-electron chi connectivity index (χ0n) is 20.1. The maximum atomic E-state index is 13.3. The van der Waals surface area contributed by atoms with Crippen molar-refractivity contribution in [2.75, 3.05) is 19.6 Å². The van der Waals surface area contributed by atoms with Crippen LogP contribution in [0.5, 0.6) is 0 Å². The van der Waals surface area contributed by atoms with Crippen molar-refractivity contribution in [1.82, 2.24) is 15.5 Å². The van der Waals surface area contributed by atoms with Crippen molar-refractivity contribution in [2.24, 2.45) is 11.7 Å². The molecule has 1 aliphatic heterocycles. The molecule has 2 aliphatic rings. The number of likely N-dealkylation sites (tertiary alicyclic amines) is 1. The van der Waals surface area contributed by atoms with E-state index in [1.54, 1.807) is 4.90 Å². The average Bonchev–Trinajstić information content (AvgIpc) is 3.59. The summed E-state index contributed by atoms with van der Waals surface area (Å²) in [5, 5.41) is 17.5. The number of nitrogens with one attached hydrogen (secondary N) is 2. The number of rotatable bonds is 9. The quantitative estimate of drug-likeness (QED) is 0.433. The van der Waals surface area contributed by atoms with Crippen molar-refractivity contribution in [3.05, 3.63) is 48.0 Å². The van der Waals surface area contributed by atoms with Crippen LogP contribution >= 0.6 is 0 Å². The Morgan fingerprint density at radius 1 is 1.03 bits per heavy atom. The summed E-state index contributed by atoms with van der Waals surface area (Å²) in [5.41, 5.74) is 6.37. The number of carbonyl (C=O) groups excluding carboxylic acids is 3. The van der Waals surface area contributed by atoms with Crippen molar-refractivity contribution < 1.29 is 19.5 Å². The molecular formula is C27H36N4O4. The molecule has 1 heterocycles. The summed E-state index contributed by atoms with van der Waals surface area (Å²) in [6.45, 7) is 0.620. The van der Waals surface area contributed by atoms with Crippen molar-refractivity contribution in [3.8, 4) is 0 Å². The van der Waals surface area contributed by atoms with Gasteiger partial charge in [-0.15, -0.1) is 0 Å². The standard InChI is InChI=1S/C27H36N4O4/c28-16-22(32)17-29-25(33)23(15-18-11-12-19-6-1-4-9-21(19)14-18)30-26(34)24-10-5-13-31(24)27(35)20-7-2-3-8-20/h1,4,6,9,11-12,14,20,22-24,32H,2-3,5,7-8,10,13,15-17,28H2,(H,29,33)(H,30,34)/t22?,23-,24+/m1/s1. The lowest BCUT2D eigenvalue weighted by atomic mass is 10.0. The van der Waals surface area contributed by atoms with Gasteiger partial charge in [0.1, 0.15) is 12.1 Å². The average molecular weight is 481 g/mol. The van der Waals surface area contributed by atoms with Crippen LogP contribution in [0.3, 0.4) is 0 Å². The second-order valence-corrected chi connectivity index (χ2v) is 9.75. The molecule has 1 saturated carbocycles. The molecule has 4 rings (SSSR count). The topological polar surface area (TPSA) is 125 Å². The number of nitrogens with zero attached hydrogens (tertiary/aromatic N) is 1. The highest BCUT2D eigenvalue weighted by molar-refractivity contribution is 5.93. The minimum absolute atomic E-state index is 0.00907. The molecule has 3 atom stereocenters. The Bertz CT molecular complexity index is 1050. The number of carbonyl (C=O) groups is 3. The van der Waals surface area contributed by atoms with E-state index in [-0.39, 0.29) is 36.7 Å². The molecule has 8 heteroatoms. The van der Waals surface area contributed by atoms with Gasteiger partial charge in [0.05, 0.1) is 6.10 Å². The maximum absolute atomic E-state index is 13.3. The van der Waals surface area contributed by atoms with E-state index in [2.05, 4.69) is 10.6 Å². The Morgan fingerprint density at radius 2 is 1.77 bits per heavy atom. The highest BCUT2D eigenvalue weighted by Crippen LogP contribution is 2.30. The van der Waals surface area contributed by atoms with Gasteiger partial charge in [-0.2, -0.15) is 0 Å². The number of hydrogen-bond donors (Lipinski definition) is 4. The predicted molar refractivity (Wildman–Crippen MR) is 134 cm³/mol. The fourth-order valence-corrected chi connectivity index (χ4v) is 5.21. The SMILES string of the molecule is NCC(O)CNC(=O)[C@@H](Cc1ccc2ccccc2c1)NC(=O)[C@@H]1CCCN1C(=O)C1CCCC1. The van der Waals surface area contributed by atoms with Gasteiger partial charge in [-0.1, -0.05) is 55.3 Å². The number of hydrogen-bond acceptors (Lipinski definition) is 5. The van der Waals surface area contributed by atoms with Gasteiger partial charge in [0.15, 0.2) is 0 Å². The first-order valence-corrected chi connectivity index (χ1v) is 12.7. The van der Waals surface area contributed by atoms with Gasteiger partial charge in [-0.25, -0.2) is 0 Å².